The van der Waals surface area contributed by atoms with Crippen LogP contribution in [-0.4, -0.2) is 22.0 Å². The van der Waals surface area contributed by atoms with Gasteiger partial charge in [0, 0.05) is 17.4 Å². The van der Waals surface area contributed by atoms with Crippen LogP contribution in [0.2, 0.25) is 0 Å². The van der Waals surface area contributed by atoms with Crippen LogP contribution in [0, 0.1) is 5.82 Å². The highest BCUT2D eigenvalue weighted by Crippen LogP contribution is 2.27. The van der Waals surface area contributed by atoms with E-state index in [1.807, 2.05) is 13.8 Å². The number of nitrogens with one attached hydrogen (secondary N) is 1. The quantitative estimate of drug-likeness (QED) is 0.690. The molecule has 7 heteroatoms. The van der Waals surface area contributed by atoms with Crippen LogP contribution < -0.4 is 15.8 Å². The van der Waals surface area contributed by atoms with Crippen LogP contribution in [0.15, 0.2) is 54.7 Å². The van der Waals surface area contributed by atoms with E-state index >= 15 is 0 Å². The second-order valence-corrected chi connectivity index (χ2v) is 6.14. The van der Waals surface area contributed by atoms with Crippen LogP contribution in [0.1, 0.15) is 24.2 Å². The lowest BCUT2D eigenvalue weighted by atomic mass is 10.1. The number of amides is 1. The van der Waals surface area contributed by atoms with Crippen molar-refractivity contribution in [3.8, 4) is 17.0 Å². The first-order valence-corrected chi connectivity index (χ1v) is 8.39. The van der Waals surface area contributed by atoms with E-state index in [0.717, 1.165) is 0 Å². The number of nitrogens with zero attached hydrogens (tertiary/aromatic N) is 2. The lowest BCUT2D eigenvalue weighted by molar-refractivity contribution is 0.0994. The maximum atomic E-state index is 13.0. The molecule has 0 saturated heterocycles. The van der Waals surface area contributed by atoms with Gasteiger partial charge in [0.15, 0.2) is 0 Å². The molecule has 27 heavy (non-hydrogen) atoms. The zero-order chi connectivity index (χ0) is 19.4. The molecule has 0 aliphatic heterocycles. The summed E-state index contributed by atoms with van der Waals surface area (Å²) in [5.74, 6) is -0.119. The molecule has 3 aromatic rings. The number of rotatable bonds is 6. The van der Waals surface area contributed by atoms with Crippen molar-refractivity contribution in [2.75, 3.05) is 5.32 Å². The van der Waals surface area contributed by atoms with Crippen LogP contribution in [0.4, 0.5) is 16.0 Å². The topological polar surface area (TPSA) is 90.1 Å². The van der Waals surface area contributed by atoms with Gasteiger partial charge in [0.05, 0.1) is 17.4 Å². The Morgan fingerprint density at radius 1 is 1.15 bits per heavy atom. The monoisotopic (exact) mass is 366 g/mol. The smallest absolute Gasteiger partial charge is 0.252 e. The number of carbonyl (C=O) groups is 1. The van der Waals surface area contributed by atoms with Crippen molar-refractivity contribution in [3.63, 3.8) is 0 Å². The van der Waals surface area contributed by atoms with Crippen LogP contribution >= 0.6 is 0 Å². The summed E-state index contributed by atoms with van der Waals surface area (Å²) in [5.41, 5.74) is 7.73. The third-order valence-corrected chi connectivity index (χ3v) is 3.66. The molecule has 1 aromatic heterocycles. The van der Waals surface area contributed by atoms with E-state index in [1.54, 1.807) is 42.6 Å². The molecule has 0 atom stereocenters. The lowest BCUT2D eigenvalue weighted by Gasteiger charge is -2.14. The summed E-state index contributed by atoms with van der Waals surface area (Å²) in [7, 11) is 0. The maximum Gasteiger partial charge on any atom is 0.252 e. The van der Waals surface area contributed by atoms with Gasteiger partial charge in [-0.15, -0.1) is 0 Å². The van der Waals surface area contributed by atoms with Crippen molar-refractivity contribution in [1.82, 2.24) is 9.97 Å². The predicted molar refractivity (Wildman–Crippen MR) is 101 cm³/mol. The van der Waals surface area contributed by atoms with Gasteiger partial charge in [0.25, 0.3) is 5.91 Å². The molecule has 6 nitrogen and oxygen atoms in total. The molecule has 0 spiro atoms. The largest absolute Gasteiger partial charge is 0.490 e. The molecule has 3 N–H and O–H groups in total. The standard InChI is InChI=1S/C20H19FN4O2/c1-12(2)27-18-8-3-13(11-16(18)19(22)26)17-9-10-23-20(25-17)24-15-6-4-14(21)5-7-15/h3-12H,1-2H3,(H2,22,26)(H,23,24,25). The second-order valence-electron chi connectivity index (χ2n) is 6.14. The minimum absolute atomic E-state index is 0.0838. The number of anilines is 2. The molecule has 1 heterocycles. The molecule has 0 unspecified atom stereocenters. The third-order valence-electron chi connectivity index (χ3n) is 3.66. The van der Waals surface area contributed by atoms with Gasteiger partial charge in [0.2, 0.25) is 5.95 Å². The van der Waals surface area contributed by atoms with E-state index in [-0.39, 0.29) is 17.5 Å². The van der Waals surface area contributed by atoms with Gasteiger partial charge in [-0.3, -0.25) is 4.79 Å². The molecule has 0 radical (unpaired) electrons. The zero-order valence-corrected chi connectivity index (χ0v) is 14.9. The number of hydrogen-bond donors (Lipinski definition) is 2. The Labute approximate surface area is 156 Å². The number of ether oxygens (including phenoxy) is 1. The molecule has 0 fully saturated rings. The van der Waals surface area contributed by atoms with Crippen LogP contribution in [0.5, 0.6) is 5.75 Å². The SMILES string of the molecule is CC(C)Oc1ccc(-c2ccnc(Nc3ccc(F)cc3)n2)cc1C(N)=O. The Morgan fingerprint density at radius 2 is 1.89 bits per heavy atom. The summed E-state index contributed by atoms with van der Waals surface area (Å²) >= 11 is 0. The highest BCUT2D eigenvalue weighted by Gasteiger charge is 2.13. The van der Waals surface area contributed by atoms with Crippen LogP contribution in [0.3, 0.4) is 0 Å². The fourth-order valence-electron chi connectivity index (χ4n) is 2.48. The number of aromatic nitrogens is 2. The Balaban J connectivity index is 1.91. The van der Waals surface area contributed by atoms with Gasteiger partial charge < -0.3 is 15.8 Å². The Morgan fingerprint density at radius 3 is 2.56 bits per heavy atom. The highest BCUT2D eigenvalue weighted by molar-refractivity contribution is 5.97. The summed E-state index contributed by atoms with van der Waals surface area (Å²) in [4.78, 5) is 20.4. The molecular formula is C20H19FN4O2. The van der Waals surface area contributed by atoms with E-state index in [0.29, 0.717) is 28.6 Å². The van der Waals surface area contributed by atoms with Crippen molar-refractivity contribution in [2.24, 2.45) is 5.73 Å². The highest BCUT2D eigenvalue weighted by atomic mass is 19.1. The number of primary amides is 1. The van der Waals surface area contributed by atoms with E-state index in [1.165, 1.54) is 12.1 Å². The average Bonchev–Trinajstić information content (AvgIpc) is 2.63. The normalized spacial score (nSPS) is 10.7. The number of hydrogen-bond acceptors (Lipinski definition) is 5. The molecule has 1 amide bonds. The summed E-state index contributed by atoms with van der Waals surface area (Å²) in [6.45, 7) is 3.74. The third kappa shape index (κ3) is 4.58. The fourth-order valence-corrected chi connectivity index (χ4v) is 2.48. The van der Waals surface area contributed by atoms with Crippen molar-refractivity contribution in [3.05, 3.63) is 66.1 Å². The molecule has 0 aliphatic rings. The summed E-state index contributed by atoms with van der Waals surface area (Å²) in [6.07, 6.45) is 1.51. The van der Waals surface area contributed by atoms with Crippen molar-refractivity contribution in [2.45, 2.75) is 20.0 Å². The Bertz CT molecular complexity index is 958. The lowest BCUT2D eigenvalue weighted by Crippen LogP contribution is -2.15. The average molecular weight is 366 g/mol. The van der Waals surface area contributed by atoms with Crippen LogP contribution in [0.25, 0.3) is 11.3 Å². The zero-order valence-electron chi connectivity index (χ0n) is 14.9. The van der Waals surface area contributed by atoms with Crippen molar-refractivity contribution >= 4 is 17.5 Å². The van der Waals surface area contributed by atoms with Crippen molar-refractivity contribution < 1.29 is 13.9 Å². The molecule has 2 aromatic carbocycles. The number of nitrogens with two attached hydrogens (primary N) is 1. The van der Waals surface area contributed by atoms with Gasteiger partial charge in [-0.2, -0.15) is 0 Å². The molecular weight excluding hydrogens is 347 g/mol. The van der Waals surface area contributed by atoms with Crippen molar-refractivity contribution in [1.29, 1.82) is 0 Å². The summed E-state index contributed by atoms with van der Waals surface area (Å²) < 4.78 is 18.7. The Hall–Kier alpha value is -3.48. The van der Waals surface area contributed by atoms with Gasteiger partial charge >= 0.3 is 0 Å². The van der Waals surface area contributed by atoms with Gasteiger partial charge in [0.1, 0.15) is 11.6 Å². The molecule has 0 bridgehead atoms. The minimum atomic E-state index is -0.578. The predicted octanol–water partition coefficient (Wildman–Crippen LogP) is 3.91. The van der Waals surface area contributed by atoms with Gasteiger partial charge in [-0.1, -0.05) is 0 Å². The molecule has 138 valence electrons. The summed E-state index contributed by atoms with van der Waals surface area (Å²) in [5, 5.41) is 3.01. The van der Waals surface area contributed by atoms with E-state index < -0.39 is 5.91 Å². The second kappa shape index (κ2) is 7.82. The van der Waals surface area contributed by atoms with Gasteiger partial charge in [-0.25, -0.2) is 14.4 Å². The fraction of sp³-hybridized carbons (Fsp3) is 0.150. The number of carbonyl (C=O) groups excluding carboxylic acids is 1. The number of benzene rings is 2. The van der Waals surface area contributed by atoms with Crippen LogP contribution in [-0.2, 0) is 0 Å². The molecule has 3 rings (SSSR count). The summed E-state index contributed by atoms with van der Waals surface area (Å²) in [6, 6.07) is 12.7. The maximum absolute atomic E-state index is 13.0. The molecule has 0 saturated carbocycles. The van der Waals surface area contributed by atoms with E-state index in [9.17, 15) is 9.18 Å². The first-order chi connectivity index (χ1) is 12.9. The van der Waals surface area contributed by atoms with E-state index in [2.05, 4.69) is 15.3 Å². The van der Waals surface area contributed by atoms with E-state index in [4.69, 9.17) is 10.5 Å². The minimum Gasteiger partial charge on any atom is -0.490 e. The first kappa shape index (κ1) is 18.3. The molecule has 0 aliphatic carbocycles. The number of halogens is 1. The van der Waals surface area contributed by atoms with Gasteiger partial charge in [-0.05, 0) is 62.4 Å². The first-order valence-electron chi connectivity index (χ1n) is 8.39. The Kier molecular flexibility index (Phi) is 5.30.